The van der Waals surface area contributed by atoms with Crippen LogP contribution in [0.2, 0.25) is 0 Å². The van der Waals surface area contributed by atoms with Gasteiger partial charge in [-0.2, -0.15) is 5.10 Å². The van der Waals surface area contributed by atoms with Crippen molar-refractivity contribution >= 4 is 5.78 Å². The minimum atomic E-state index is 0.0547. The van der Waals surface area contributed by atoms with Crippen LogP contribution in [0.5, 0.6) is 0 Å². The Kier molecular flexibility index (Phi) is 5.14. The fraction of sp³-hybridized carbons (Fsp3) is 0.636. The van der Waals surface area contributed by atoms with Crippen LogP contribution in [-0.4, -0.2) is 35.3 Å². The maximum Gasteiger partial charge on any atom is 0.164 e. The lowest BCUT2D eigenvalue weighted by Gasteiger charge is -2.02. The molecule has 0 unspecified atom stereocenters. The first-order valence-corrected chi connectivity index (χ1v) is 5.48. The first-order chi connectivity index (χ1) is 7.67. The molecule has 5 heteroatoms. The van der Waals surface area contributed by atoms with Crippen LogP contribution in [0, 0.1) is 0 Å². The molecule has 0 atom stereocenters. The van der Waals surface area contributed by atoms with Gasteiger partial charge in [-0.15, -0.1) is 0 Å². The molecule has 1 aromatic rings. The number of ether oxygens (including phenoxy) is 1. The number of aromatic nitrogens is 2. The zero-order valence-electron chi connectivity index (χ0n) is 9.90. The number of ketones is 1. The van der Waals surface area contributed by atoms with Crippen LogP contribution in [0.1, 0.15) is 18.3 Å². The molecule has 0 radical (unpaired) electrons. The summed E-state index contributed by atoms with van der Waals surface area (Å²) in [5.41, 5.74) is 7.20. The van der Waals surface area contributed by atoms with Crippen LogP contribution in [0.4, 0.5) is 0 Å². The van der Waals surface area contributed by atoms with E-state index >= 15 is 0 Å². The molecule has 0 saturated heterocycles. The number of carbonyl (C=O) groups excluding carboxylic acids is 1. The van der Waals surface area contributed by atoms with Crippen molar-refractivity contribution in [2.45, 2.75) is 19.8 Å². The number of carbonyl (C=O) groups is 1. The Morgan fingerprint density at radius 1 is 1.62 bits per heavy atom. The Labute approximate surface area is 95.6 Å². The van der Waals surface area contributed by atoms with Gasteiger partial charge in [0, 0.05) is 19.3 Å². The molecule has 5 nitrogen and oxygen atoms in total. The highest BCUT2D eigenvalue weighted by Crippen LogP contribution is 2.05. The van der Waals surface area contributed by atoms with Gasteiger partial charge in [0.2, 0.25) is 0 Å². The molecule has 0 aliphatic carbocycles. The smallest absolute Gasteiger partial charge is 0.164 e. The van der Waals surface area contributed by atoms with E-state index in [-0.39, 0.29) is 12.4 Å². The van der Waals surface area contributed by atoms with Crippen molar-refractivity contribution in [3.8, 4) is 0 Å². The predicted molar refractivity (Wildman–Crippen MR) is 61.2 cm³/mol. The lowest BCUT2D eigenvalue weighted by molar-refractivity contribution is -0.122. The van der Waals surface area contributed by atoms with E-state index in [1.54, 1.807) is 4.68 Å². The monoisotopic (exact) mass is 225 g/mol. The van der Waals surface area contributed by atoms with Gasteiger partial charge in [0.25, 0.3) is 0 Å². The van der Waals surface area contributed by atoms with Crippen molar-refractivity contribution in [3.05, 3.63) is 17.5 Å². The largest absolute Gasteiger partial charge is 0.372 e. The average molecular weight is 225 g/mol. The van der Waals surface area contributed by atoms with Crippen molar-refractivity contribution < 1.29 is 9.53 Å². The maximum atomic E-state index is 11.5. The molecule has 0 aliphatic heterocycles. The number of nitrogens with zero attached hydrogens (tertiary/aromatic N) is 2. The van der Waals surface area contributed by atoms with Crippen LogP contribution in [0.15, 0.2) is 6.07 Å². The molecule has 0 aliphatic rings. The van der Waals surface area contributed by atoms with Crippen molar-refractivity contribution in [2.75, 3.05) is 19.8 Å². The van der Waals surface area contributed by atoms with Crippen LogP contribution < -0.4 is 5.73 Å². The number of rotatable bonds is 7. The van der Waals surface area contributed by atoms with Crippen molar-refractivity contribution in [2.24, 2.45) is 12.8 Å². The van der Waals surface area contributed by atoms with E-state index in [1.165, 1.54) is 0 Å². The SMILES string of the molecule is CCc1cc(CC(=O)COCCN)n(C)n1. The zero-order valence-corrected chi connectivity index (χ0v) is 9.90. The number of Topliss-reactive ketones (excluding diaryl/α,β-unsaturated/α-hetero) is 1. The molecule has 1 heterocycles. The number of hydrogen-bond donors (Lipinski definition) is 1. The standard InChI is InChI=1S/C11H19N3O2/c1-3-9-6-10(14(2)13-9)7-11(15)8-16-5-4-12/h6H,3-5,7-8,12H2,1-2H3. The molecule has 0 amide bonds. The van der Waals surface area contributed by atoms with E-state index in [0.717, 1.165) is 17.8 Å². The first kappa shape index (κ1) is 12.9. The Bertz CT molecular complexity index is 347. The lowest BCUT2D eigenvalue weighted by atomic mass is 10.2. The van der Waals surface area contributed by atoms with Crippen molar-refractivity contribution in [3.63, 3.8) is 0 Å². The number of nitrogens with two attached hydrogens (primary N) is 1. The summed E-state index contributed by atoms with van der Waals surface area (Å²) in [7, 11) is 1.85. The third kappa shape index (κ3) is 3.75. The number of aryl methyl sites for hydroxylation is 2. The fourth-order valence-electron chi connectivity index (χ4n) is 1.43. The maximum absolute atomic E-state index is 11.5. The van der Waals surface area contributed by atoms with Crippen molar-refractivity contribution in [1.82, 2.24) is 9.78 Å². The van der Waals surface area contributed by atoms with Crippen LogP contribution in [-0.2, 0) is 29.4 Å². The van der Waals surface area contributed by atoms with Gasteiger partial charge in [0.1, 0.15) is 6.61 Å². The summed E-state index contributed by atoms with van der Waals surface area (Å²) in [5.74, 6) is 0.0547. The molecule has 0 bridgehead atoms. The topological polar surface area (TPSA) is 70.1 Å². The average Bonchev–Trinajstić information content (AvgIpc) is 2.60. The molecule has 0 fully saturated rings. The van der Waals surface area contributed by atoms with Gasteiger partial charge < -0.3 is 10.5 Å². The van der Waals surface area contributed by atoms with Crippen LogP contribution in [0.25, 0.3) is 0 Å². The normalized spacial score (nSPS) is 10.7. The molecule has 0 aromatic carbocycles. The highest BCUT2D eigenvalue weighted by atomic mass is 16.5. The molecule has 0 saturated carbocycles. The molecule has 90 valence electrons. The minimum absolute atomic E-state index is 0.0547. The van der Waals surface area contributed by atoms with Gasteiger partial charge in [-0.1, -0.05) is 6.92 Å². The molecule has 1 rings (SSSR count). The molecule has 2 N–H and O–H groups in total. The van der Waals surface area contributed by atoms with E-state index in [0.29, 0.717) is 19.6 Å². The van der Waals surface area contributed by atoms with Gasteiger partial charge in [0.05, 0.1) is 18.7 Å². The van der Waals surface area contributed by atoms with E-state index in [4.69, 9.17) is 10.5 Å². The second-order valence-corrected chi connectivity index (χ2v) is 3.66. The zero-order chi connectivity index (χ0) is 12.0. The van der Waals surface area contributed by atoms with E-state index in [2.05, 4.69) is 5.10 Å². The Hall–Kier alpha value is -1.20. The molecular weight excluding hydrogens is 206 g/mol. The second-order valence-electron chi connectivity index (χ2n) is 3.66. The highest BCUT2D eigenvalue weighted by molar-refractivity contribution is 5.81. The Balaban J connectivity index is 2.45. The predicted octanol–water partition coefficient (Wildman–Crippen LogP) is 0.0694. The van der Waals surface area contributed by atoms with Crippen molar-refractivity contribution in [1.29, 1.82) is 0 Å². The van der Waals surface area contributed by atoms with Gasteiger partial charge in [-0.05, 0) is 12.5 Å². The fourth-order valence-corrected chi connectivity index (χ4v) is 1.43. The third-order valence-electron chi connectivity index (χ3n) is 2.29. The first-order valence-electron chi connectivity index (χ1n) is 5.48. The lowest BCUT2D eigenvalue weighted by Crippen LogP contribution is -2.17. The summed E-state index contributed by atoms with van der Waals surface area (Å²) in [4.78, 5) is 11.5. The summed E-state index contributed by atoms with van der Waals surface area (Å²) in [6.45, 7) is 3.04. The Morgan fingerprint density at radius 3 is 2.94 bits per heavy atom. The van der Waals surface area contributed by atoms with E-state index < -0.39 is 0 Å². The van der Waals surface area contributed by atoms with Gasteiger partial charge in [-0.3, -0.25) is 9.48 Å². The molecule has 1 aromatic heterocycles. The van der Waals surface area contributed by atoms with E-state index in [1.807, 2.05) is 20.0 Å². The third-order valence-corrected chi connectivity index (χ3v) is 2.29. The molecular formula is C11H19N3O2. The molecule has 0 spiro atoms. The van der Waals surface area contributed by atoms with Crippen LogP contribution >= 0.6 is 0 Å². The number of hydrogen-bond acceptors (Lipinski definition) is 4. The summed E-state index contributed by atoms with van der Waals surface area (Å²) in [6.07, 6.45) is 1.25. The highest BCUT2D eigenvalue weighted by Gasteiger charge is 2.09. The van der Waals surface area contributed by atoms with E-state index in [9.17, 15) is 4.79 Å². The second kappa shape index (κ2) is 6.40. The van der Waals surface area contributed by atoms with Crippen LogP contribution in [0.3, 0.4) is 0 Å². The quantitative estimate of drug-likeness (QED) is 0.667. The Morgan fingerprint density at radius 2 is 2.38 bits per heavy atom. The summed E-state index contributed by atoms with van der Waals surface area (Å²) in [5, 5.41) is 4.28. The summed E-state index contributed by atoms with van der Waals surface area (Å²) in [6, 6.07) is 1.96. The van der Waals surface area contributed by atoms with Gasteiger partial charge >= 0.3 is 0 Å². The summed E-state index contributed by atoms with van der Waals surface area (Å²) >= 11 is 0. The summed E-state index contributed by atoms with van der Waals surface area (Å²) < 4.78 is 6.84. The molecule has 16 heavy (non-hydrogen) atoms. The van der Waals surface area contributed by atoms with Gasteiger partial charge in [-0.25, -0.2) is 0 Å². The van der Waals surface area contributed by atoms with Gasteiger partial charge in [0.15, 0.2) is 5.78 Å². The minimum Gasteiger partial charge on any atom is -0.372 e.